The number of aromatic nitrogens is 2. The maximum atomic E-state index is 5.38. The summed E-state index contributed by atoms with van der Waals surface area (Å²) in [6, 6.07) is 7.93. The van der Waals surface area contributed by atoms with E-state index in [1.54, 1.807) is 0 Å². The highest BCUT2D eigenvalue weighted by molar-refractivity contribution is 9.10. The van der Waals surface area contributed by atoms with Crippen LogP contribution in [0, 0.1) is 0 Å². The Balaban J connectivity index is 1.84. The molecule has 1 aromatic carbocycles. The SMILES string of the molecule is Brc1cccc(-c2noc([C@H]3CCCNC3)n2)c1. The van der Waals surface area contributed by atoms with Crippen LogP contribution in [0.25, 0.3) is 11.4 Å². The summed E-state index contributed by atoms with van der Waals surface area (Å²) in [7, 11) is 0. The Hall–Kier alpha value is -1.20. The third-order valence-electron chi connectivity index (χ3n) is 3.17. The van der Waals surface area contributed by atoms with Gasteiger partial charge >= 0.3 is 0 Å². The van der Waals surface area contributed by atoms with Crippen LogP contribution in [0.3, 0.4) is 0 Å². The van der Waals surface area contributed by atoms with Crippen molar-refractivity contribution in [2.75, 3.05) is 13.1 Å². The lowest BCUT2D eigenvalue weighted by atomic mass is 10.00. The molecule has 0 unspecified atom stereocenters. The number of hydrogen-bond donors (Lipinski definition) is 1. The third kappa shape index (κ3) is 2.47. The Labute approximate surface area is 114 Å². The minimum Gasteiger partial charge on any atom is -0.339 e. The number of hydrogen-bond acceptors (Lipinski definition) is 4. The number of benzene rings is 1. The van der Waals surface area contributed by atoms with Gasteiger partial charge in [-0.3, -0.25) is 0 Å². The maximum Gasteiger partial charge on any atom is 0.231 e. The van der Waals surface area contributed by atoms with Gasteiger partial charge in [0.25, 0.3) is 0 Å². The molecule has 0 bridgehead atoms. The van der Waals surface area contributed by atoms with E-state index in [4.69, 9.17) is 4.52 Å². The van der Waals surface area contributed by atoms with Gasteiger partial charge in [0.05, 0.1) is 5.92 Å². The molecular formula is C13H14BrN3O. The molecule has 1 atom stereocenters. The van der Waals surface area contributed by atoms with Crippen molar-refractivity contribution in [1.29, 1.82) is 0 Å². The van der Waals surface area contributed by atoms with E-state index in [2.05, 4.69) is 31.4 Å². The normalized spacial score (nSPS) is 19.9. The minimum atomic E-state index is 0.354. The number of rotatable bonds is 2. The van der Waals surface area contributed by atoms with Crippen LogP contribution in [0.1, 0.15) is 24.7 Å². The van der Waals surface area contributed by atoms with Crippen molar-refractivity contribution in [2.45, 2.75) is 18.8 Å². The molecule has 94 valence electrons. The van der Waals surface area contributed by atoms with Crippen molar-refractivity contribution in [1.82, 2.24) is 15.5 Å². The lowest BCUT2D eigenvalue weighted by Crippen LogP contribution is -2.28. The Morgan fingerprint density at radius 2 is 2.33 bits per heavy atom. The van der Waals surface area contributed by atoms with Crippen LogP contribution >= 0.6 is 15.9 Å². The van der Waals surface area contributed by atoms with E-state index in [0.29, 0.717) is 11.7 Å². The minimum absolute atomic E-state index is 0.354. The lowest BCUT2D eigenvalue weighted by Gasteiger charge is -2.18. The van der Waals surface area contributed by atoms with Gasteiger partial charge in [-0.2, -0.15) is 4.98 Å². The standard InChI is InChI=1S/C13H14BrN3O/c14-11-5-1-3-9(7-11)12-16-13(18-17-12)10-4-2-6-15-8-10/h1,3,5,7,10,15H,2,4,6,8H2/t10-/m0/s1. The van der Waals surface area contributed by atoms with E-state index in [1.807, 2.05) is 24.3 Å². The predicted molar refractivity (Wildman–Crippen MR) is 72.3 cm³/mol. The fraction of sp³-hybridized carbons (Fsp3) is 0.385. The molecule has 2 aromatic rings. The van der Waals surface area contributed by atoms with Gasteiger partial charge in [-0.25, -0.2) is 0 Å². The molecule has 1 aliphatic rings. The van der Waals surface area contributed by atoms with Gasteiger partial charge in [-0.05, 0) is 31.5 Å². The average molecular weight is 308 g/mol. The summed E-state index contributed by atoms with van der Waals surface area (Å²) in [6.07, 6.45) is 2.28. The van der Waals surface area contributed by atoms with Gasteiger partial charge in [0.2, 0.25) is 11.7 Å². The first-order valence-corrected chi connectivity index (χ1v) is 6.92. The van der Waals surface area contributed by atoms with E-state index in [1.165, 1.54) is 6.42 Å². The summed E-state index contributed by atoms with van der Waals surface area (Å²) < 4.78 is 6.40. The molecule has 2 heterocycles. The molecule has 1 saturated heterocycles. The van der Waals surface area contributed by atoms with Crippen LogP contribution < -0.4 is 5.32 Å². The fourth-order valence-electron chi connectivity index (χ4n) is 2.21. The molecule has 1 N–H and O–H groups in total. The van der Waals surface area contributed by atoms with Gasteiger partial charge in [0.1, 0.15) is 0 Å². The quantitative estimate of drug-likeness (QED) is 0.926. The van der Waals surface area contributed by atoms with Gasteiger partial charge in [-0.1, -0.05) is 33.2 Å². The zero-order chi connectivity index (χ0) is 12.4. The lowest BCUT2D eigenvalue weighted by molar-refractivity contribution is 0.322. The fourth-order valence-corrected chi connectivity index (χ4v) is 2.61. The first-order chi connectivity index (χ1) is 8.83. The molecule has 5 heteroatoms. The zero-order valence-electron chi connectivity index (χ0n) is 9.90. The second-order valence-electron chi connectivity index (χ2n) is 4.51. The van der Waals surface area contributed by atoms with Crippen molar-refractivity contribution < 1.29 is 4.52 Å². The second-order valence-corrected chi connectivity index (χ2v) is 5.43. The number of piperidine rings is 1. The highest BCUT2D eigenvalue weighted by atomic mass is 79.9. The largest absolute Gasteiger partial charge is 0.339 e. The van der Waals surface area contributed by atoms with E-state index in [0.717, 1.165) is 35.4 Å². The van der Waals surface area contributed by atoms with Gasteiger partial charge in [0.15, 0.2) is 0 Å². The summed E-state index contributed by atoms with van der Waals surface area (Å²) in [5.74, 6) is 1.77. The van der Waals surface area contributed by atoms with Crippen molar-refractivity contribution in [2.24, 2.45) is 0 Å². The summed E-state index contributed by atoms with van der Waals surface area (Å²) in [6.45, 7) is 2.02. The smallest absolute Gasteiger partial charge is 0.231 e. The molecule has 0 aliphatic carbocycles. The highest BCUT2D eigenvalue weighted by Crippen LogP contribution is 2.25. The molecule has 1 aliphatic heterocycles. The summed E-state index contributed by atoms with van der Waals surface area (Å²) in [5.41, 5.74) is 0.975. The first-order valence-electron chi connectivity index (χ1n) is 6.13. The van der Waals surface area contributed by atoms with Gasteiger partial charge in [-0.15, -0.1) is 0 Å². The molecule has 0 amide bonds. The van der Waals surface area contributed by atoms with Crippen molar-refractivity contribution >= 4 is 15.9 Å². The topological polar surface area (TPSA) is 51.0 Å². The first kappa shape index (κ1) is 11.9. The molecule has 1 aromatic heterocycles. The number of nitrogens with zero attached hydrogens (tertiary/aromatic N) is 2. The molecule has 3 rings (SSSR count). The van der Waals surface area contributed by atoms with Crippen LogP contribution in [0.5, 0.6) is 0 Å². The van der Waals surface area contributed by atoms with Crippen LogP contribution in [0.2, 0.25) is 0 Å². The Morgan fingerprint density at radius 3 is 3.11 bits per heavy atom. The number of halogens is 1. The van der Waals surface area contributed by atoms with Gasteiger partial charge in [0, 0.05) is 16.6 Å². The third-order valence-corrected chi connectivity index (χ3v) is 3.66. The zero-order valence-corrected chi connectivity index (χ0v) is 11.5. The van der Waals surface area contributed by atoms with Crippen molar-refractivity contribution in [3.8, 4) is 11.4 Å². The van der Waals surface area contributed by atoms with Gasteiger partial charge < -0.3 is 9.84 Å². The van der Waals surface area contributed by atoms with E-state index >= 15 is 0 Å². The summed E-state index contributed by atoms with van der Waals surface area (Å²) in [5, 5.41) is 7.42. The monoisotopic (exact) mass is 307 g/mol. The van der Waals surface area contributed by atoms with Crippen LogP contribution in [0.15, 0.2) is 33.3 Å². The number of nitrogens with one attached hydrogen (secondary N) is 1. The molecule has 0 spiro atoms. The molecule has 0 saturated carbocycles. The summed E-state index contributed by atoms with van der Waals surface area (Å²) >= 11 is 3.45. The molecule has 0 radical (unpaired) electrons. The molecular weight excluding hydrogens is 294 g/mol. The summed E-state index contributed by atoms with van der Waals surface area (Å²) in [4.78, 5) is 4.51. The van der Waals surface area contributed by atoms with Crippen molar-refractivity contribution in [3.63, 3.8) is 0 Å². The molecule has 18 heavy (non-hydrogen) atoms. The second kappa shape index (κ2) is 5.20. The average Bonchev–Trinajstić information content (AvgIpc) is 2.89. The molecule has 1 fully saturated rings. The Kier molecular flexibility index (Phi) is 3.43. The van der Waals surface area contributed by atoms with Crippen molar-refractivity contribution in [3.05, 3.63) is 34.6 Å². The Bertz CT molecular complexity index is 535. The molecule has 4 nitrogen and oxygen atoms in total. The maximum absolute atomic E-state index is 5.38. The highest BCUT2D eigenvalue weighted by Gasteiger charge is 2.21. The van der Waals surface area contributed by atoms with E-state index < -0.39 is 0 Å². The van der Waals surface area contributed by atoms with Crippen LogP contribution in [-0.4, -0.2) is 23.2 Å². The van der Waals surface area contributed by atoms with E-state index in [-0.39, 0.29) is 0 Å². The predicted octanol–water partition coefficient (Wildman–Crippen LogP) is 2.97. The van der Waals surface area contributed by atoms with Crippen LogP contribution in [-0.2, 0) is 0 Å². The van der Waals surface area contributed by atoms with E-state index in [9.17, 15) is 0 Å². The van der Waals surface area contributed by atoms with Crippen LogP contribution in [0.4, 0.5) is 0 Å². The Morgan fingerprint density at radius 1 is 1.39 bits per heavy atom.